The number of benzene rings is 2. The van der Waals surface area contributed by atoms with E-state index in [9.17, 15) is 0 Å². The first-order valence-electron chi connectivity index (χ1n) is 12.0. The number of likely N-dealkylation sites (tertiary alicyclic amines) is 1. The van der Waals surface area contributed by atoms with Crippen LogP contribution in [0.1, 0.15) is 69.9 Å². The first-order valence-corrected chi connectivity index (χ1v) is 12.0. The van der Waals surface area contributed by atoms with Crippen LogP contribution in [0.15, 0.2) is 54.1 Å². The summed E-state index contributed by atoms with van der Waals surface area (Å²) in [6, 6.07) is 17.1. The summed E-state index contributed by atoms with van der Waals surface area (Å²) >= 11 is 0. The van der Waals surface area contributed by atoms with Crippen LogP contribution >= 0.6 is 0 Å². The molecule has 0 bridgehead atoms. The molecule has 0 N–H and O–H groups in total. The highest BCUT2D eigenvalue weighted by molar-refractivity contribution is 5.82. The minimum atomic E-state index is 0.761. The lowest BCUT2D eigenvalue weighted by molar-refractivity contribution is 0.238. The molecule has 1 aliphatic rings. The van der Waals surface area contributed by atoms with Gasteiger partial charge in [-0.1, -0.05) is 56.0 Å². The molecule has 0 atom stereocenters. The van der Waals surface area contributed by atoms with Gasteiger partial charge in [-0.05, 0) is 86.7 Å². The van der Waals surface area contributed by atoms with Gasteiger partial charge in [0.1, 0.15) is 18.1 Å². The molecule has 1 fully saturated rings. The molecule has 0 amide bonds. The molecule has 1 saturated heterocycles. The summed E-state index contributed by atoms with van der Waals surface area (Å²) in [4.78, 5) is 2.49. The molecule has 3 heteroatoms. The summed E-state index contributed by atoms with van der Waals surface area (Å²) in [7, 11) is 1.72. The third kappa shape index (κ3) is 7.14. The predicted molar refractivity (Wildman–Crippen MR) is 131 cm³/mol. The second kappa shape index (κ2) is 12.6. The van der Waals surface area contributed by atoms with Gasteiger partial charge in [0, 0.05) is 6.54 Å². The molecule has 0 radical (unpaired) electrons. The summed E-state index contributed by atoms with van der Waals surface area (Å²) in [5, 5.41) is 0. The van der Waals surface area contributed by atoms with Crippen LogP contribution in [0, 0.1) is 0 Å². The third-order valence-corrected chi connectivity index (χ3v) is 6.23. The van der Waals surface area contributed by atoms with Gasteiger partial charge in [0.2, 0.25) is 0 Å². The van der Waals surface area contributed by atoms with Crippen LogP contribution in [0.25, 0.3) is 5.57 Å². The fourth-order valence-electron chi connectivity index (χ4n) is 4.38. The van der Waals surface area contributed by atoms with Gasteiger partial charge in [0.15, 0.2) is 0 Å². The van der Waals surface area contributed by atoms with Crippen LogP contribution in [-0.4, -0.2) is 38.3 Å². The molecule has 0 aliphatic carbocycles. The zero-order valence-corrected chi connectivity index (χ0v) is 19.7. The SMILES string of the molecule is CCCCCC/C(C)=C(\c1ccc(OC)cc1)c1ccc(OCCN2CCCC2)cc1. The Kier molecular flexibility index (Phi) is 9.48. The lowest BCUT2D eigenvalue weighted by atomic mass is 9.91. The molecule has 3 nitrogen and oxygen atoms in total. The van der Waals surface area contributed by atoms with Crippen molar-refractivity contribution in [3.8, 4) is 11.5 Å². The number of allylic oxidation sites excluding steroid dienone is 1. The maximum absolute atomic E-state index is 6.02. The largest absolute Gasteiger partial charge is 0.497 e. The fraction of sp³-hybridized carbons (Fsp3) is 0.500. The number of nitrogens with zero attached hydrogens (tertiary/aromatic N) is 1. The van der Waals surface area contributed by atoms with Gasteiger partial charge in [-0.2, -0.15) is 0 Å². The van der Waals surface area contributed by atoms with E-state index in [1.54, 1.807) is 7.11 Å². The van der Waals surface area contributed by atoms with Crippen LogP contribution < -0.4 is 9.47 Å². The summed E-state index contributed by atoms with van der Waals surface area (Å²) in [6.45, 7) is 8.77. The summed E-state index contributed by atoms with van der Waals surface area (Å²) in [6.07, 6.45) is 8.92. The average Bonchev–Trinajstić information content (AvgIpc) is 3.32. The van der Waals surface area contributed by atoms with Crippen molar-refractivity contribution in [3.05, 3.63) is 65.2 Å². The van der Waals surface area contributed by atoms with Gasteiger partial charge in [-0.3, -0.25) is 4.90 Å². The van der Waals surface area contributed by atoms with E-state index in [4.69, 9.17) is 9.47 Å². The van der Waals surface area contributed by atoms with Gasteiger partial charge < -0.3 is 9.47 Å². The number of unbranched alkanes of at least 4 members (excludes halogenated alkanes) is 3. The minimum Gasteiger partial charge on any atom is -0.497 e. The molecular weight excluding hydrogens is 382 g/mol. The van der Waals surface area contributed by atoms with Gasteiger partial charge in [-0.15, -0.1) is 0 Å². The molecule has 0 aromatic heterocycles. The predicted octanol–water partition coefficient (Wildman–Crippen LogP) is 6.96. The lowest BCUT2D eigenvalue weighted by Crippen LogP contribution is -2.25. The highest BCUT2D eigenvalue weighted by atomic mass is 16.5. The number of rotatable bonds is 12. The first kappa shape index (κ1) is 23.4. The highest BCUT2D eigenvalue weighted by Crippen LogP contribution is 2.31. The normalized spacial score (nSPS) is 15.1. The van der Waals surface area contributed by atoms with Gasteiger partial charge in [0.25, 0.3) is 0 Å². The highest BCUT2D eigenvalue weighted by Gasteiger charge is 2.12. The van der Waals surface area contributed by atoms with Crippen LogP contribution in [-0.2, 0) is 0 Å². The molecule has 1 heterocycles. The second-order valence-corrected chi connectivity index (χ2v) is 8.62. The maximum Gasteiger partial charge on any atom is 0.119 e. The van der Waals surface area contributed by atoms with Crippen molar-refractivity contribution in [2.45, 2.75) is 58.8 Å². The number of methoxy groups -OCH3 is 1. The van der Waals surface area contributed by atoms with Crippen LogP contribution in [0.2, 0.25) is 0 Å². The van der Waals surface area contributed by atoms with Crippen molar-refractivity contribution in [2.24, 2.45) is 0 Å². The zero-order valence-electron chi connectivity index (χ0n) is 19.7. The molecule has 0 unspecified atom stereocenters. The van der Waals surface area contributed by atoms with E-state index >= 15 is 0 Å². The van der Waals surface area contributed by atoms with E-state index in [-0.39, 0.29) is 0 Å². The third-order valence-electron chi connectivity index (χ3n) is 6.23. The molecule has 0 spiro atoms. The lowest BCUT2D eigenvalue weighted by Gasteiger charge is -2.16. The van der Waals surface area contributed by atoms with Crippen molar-refractivity contribution >= 4 is 5.57 Å². The monoisotopic (exact) mass is 421 g/mol. The van der Waals surface area contributed by atoms with E-state index < -0.39 is 0 Å². The average molecular weight is 422 g/mol. The Hall–Kier alpha value is -2.26. The number of ether oxygens (including phenoxy) is 2. The smallest absolute Gasteiger partial charge is 0.119 e. The Morgan fingerprint density at radius 3 is 2.03 bits per heavy atom. The fourth-order valence-corrected chi connectivity index (χ4v) is 4.38. The van der Waals surface area contributed by atoms with E-state index in [0.29, 0.717) is 0 Å². The van der Waals surface area contributed by atoms with E-state index in [2.05, 4.69) is 67.3 Å². The minimum absolute atomic E-state index is 0.761. The Labute approximate surface area is 189 Å². The van der Waals surface area contributed by atoms with Crippen LogP contribution in [0.5, 0.6) is 11.5 Å². The Bertz CT molecular complexity index is 802. The zero-order chi connectivity index (χ0) is 21.9. The molecule has 168 valence electrons. The van der Waals surface area contributed by atoms with Crippen molar-refractivity contribution in [2.75, 3.05) is 33.4 Å². The molecule has 2 aromatic carbocycles. The van der Waals surface area contributed by atoms with E-state index in [1.807, 2.05) is 0 Å². The standard InChI is InChI=1S/C28H39NO2/c1-4-5-6-7-10-23(2)28(24-11-15-26(30-3)16-12-24)25-13-17-27(18-14-25)31-22-21-29-19-8-9-20-29/h11-18H,4-10,19-22H2,1-3H3/b28-23+. The Morgan fingerprint density at radius 1 is 0.839 bits per heavy atom. The molecule has 3 rings (SSSR count). The molecule has 0 saturated carbocycles. The van der Waals surface area contributed by atoms with Crippen molar-refractivity contribution in [1.29, 1.82) is 0 Å². The molecule has 31 heavy (non-hydrogen) atoms. The van der Waals surface area contributed by atoms with Crippen molar-refractivity contribution < 1.29 is 9.47 Å². The molecular formula is C28H39NO2. The van der Waals surface area contributed by atoms with Gasteiger partial charge in [-0.25, -0.2) is 0 Å². The van der Waals surface area contributed by atoms with E-state index in [1.165, 1.54) is 73.9 Å². The van der Waals surface area contributed by atoms with Gasteiger partial charge >= 0.3 is 0 Å². The second-order valence-electron chi connectivity index (χ2n) is 8.62. The maximum atomic E-state index is 6.02. The van der Waals surface area contributed by atoms with E-state index in [0.717, 1.165) is 31.1 Å². The topological polar surface area (TPSA) is 21.7 Å². The van der Waals surface area contributed by atoms with Crippen molar-refractivity contribution in [1.82, 2.24) is 4.90 Å². The first-order chi connectivity index (χ1) is 15.2. The molecule has 2 aromatic rings. The summed E-state index contributed by atoms with van der Waals surface area (Å²) < 4.78 is 11.4. The Balaban J connectivity index is 1.72. The van der Waals surface area contributed by atoms with Crippen molar-refractivity contribution in [3.63, 3.8) is 0 Å². The summed E-state index contributed by atoms with van der Waals surface area (Å²) in [5.41, 5.74) is 5.29. The van der Waals surface area contributed by atoms with Crippen LogP contribution in [0.4, 0.5) is 0 Å². The number of hydrogen-bond acceptors (Lipinski definition) is 3. The van der Waals surface area contributed by atoms with Crippen LogP contribution in [0.3, 0.4) is 0 Å². The number of hydrogen-bond donors (Lipinski definition) is 0. The van der Waals surface area contributed by atoms with Gasteiger partial charge in [0.05, 0.1) is 7.11 Å². The quantitative estimate of drug-likeness (QED) is 0.346. The summed E-state index contributed by atoms with van der Waals surface area (Å²) in [5.74, 6) is 1.85. The Morgan fingerprint density at radius 2 is 1.45 bits per heavy atom. The molecule has 1 aliphatic heterocycles.